The van der Waals surface area contributed by atoms with Gasteiger partial charge in [-0.25, -0.2) is 4.79 Å². The topological polar surface area (TPSA) is 130 Å². The van der Waals surface area contributed by atoms with Gasteiger partial charge in [0, 0.05) is 13.1 Å². The minimum absolute atomic E-state index is 0.0409. The Balaban J connectivity index is 1.45. The molecule has 0 saturated carbocycles. The molecule has 0 spiro atoms. The molecule has 36 heavy (non-hydrogen) atoms. The first-order valence-corrected chi connectivity index (χ1v) is 12.2. The molecule has 0 aliphatic carbocycles. The van der Waals surface area contributed by atoms with Crippen LogP contribution in [0.3, 0.4) is 0 Å². The molecule has 1 saturated heterocycles. The summed E-state index contributed by atoms with van der Waals surface area (Å²) in [6, 6.07) is 9.19. The average molecular weight is 498 g/mol. The Morgan fingerprint density at radius 3 is 2.75 bits per heavy atom. The molecule has 1 aromatic carbocycles. The number of aliphatic imine (C=N–C) groups is 1. The first-order valence-electron chi connectivity index (χ1n) is 12.2. The Bertz CT molecular complexity index is 1030. The van der Waals surface area contributed by atoms with Crippen molar-refractivity contribution in [3.8, 4) is 0 Å². The number of amides is 2. The number of nitrogens with two attached hydrogens (primary N) is 1. The fourth-order valence-corrected chi connectivity index (χ4v) is 4.32. The van der Waals surface area contributed by atoms with Gasteiger partial charge in [0.05, 0.1) is 43.1 Å². The number of likely N-dealkylation sites (tertiary alicyclic amines) is 1. The van der Waals surface area contributed by atoms with Gasteiger partial charge in [0.2, 0.25) is 5.91 Å². The zero-order valence-corrected chi connectivity index (χ0v) is 20.8. The Morgan fingerprint density at radius 2 is 2.06 bits per heavy atom. The molecule has 10 heteroatoms. The lowest BCUT2D eigenvalue weighted by Crippen LogP contribution is -2.57. The molecule has 1 unspecified atom stereocenters. The molecule has 0 radical (unpaired) electrons. The van der Waals surface area contributed by atoms with Gasteiger partial charge in [-0.2, -0.15) is 0 Å². The van der Waals surface area contributed by atoms with Crippen molar-refractivity contribution in [2.24, 2.45) is 10.7 Å². The molecule has 4 N–H and O–H groups in total. The summed E-state index contributed by atoms with van der Waals surface area (Å²) < 4.78 is 11.5. The number of fused-ring (bicyclic) bond motifs is 1. The number of carbonyl (C=O) groups excluding carboxylic acids is 2. The molecule has 3 heterocycles. The summed E-state index contributed by atoms with van der Waals surface area (Å²) >= 11 is 0. The number of nitrogens with one attached hydrogen (secondary N) is 1. The van der Waals surface area contributed by atoms with Gasteiger partial charge in [0.1, 0.15) is 18.5 Å². The summed E-state index contributed by atoms with van der Waals surface area (Å²) in [5, 5.41) is 12.7. The van der Waals surface area contributed by atoms with Crippen LogP contribution in [-0.2, 0) is 20.9 Å². The van der Waals surface area contributed by atoms with Crippen molar-refractivity contribution in [2.75, 3.05) is 32.8 Å². The standard InChI is InChI=1S/C26H35N5O5/c1-26(2,27)24(33)29-22(17-35-15-18-7-4-3-5-8-18)23-28-13-19-9-6-10-20(31(19)23)16-36-25(34)30-12-11-21(32)14-30/h3-10,19,21-22,32H,11-17,27H2,1-2H3,(H,29,33)/t19?,21-,22-/m1/s1. The van der Waals surface area contributed by atoms with Crippen LogP contribution in [0.5, 0.6) is 0 Å². The first kappa shape index (κ1) is 25.9. The molecule has 1 aromatic rings. The number of nitrogens with zero attached hydrogens (tertiary/aromatic N) is 3. The molecule has 3 aliphatic heterocycles. The summed E-state index contributed by atoms with van der Waals surface area (Å²) in [5.74, 6) is 0.313. The lowest BCUT2D eigenvalue weighted by Gasteiger charge is -2.34. The highest BCUT2D eigenvalue weighted by Gasteiger charge is 2.37. The van der Waals surface area contributed by atoms with Crippen LogP contribution in [0.4, 0.5) is 4.79 Å². The number of rotatable bonds is 9. The van der Waals surface area contributed by atoms with Gasteiger partial charge < -0.3 is 35.4 Å². The summed E-state index contributed by atoms with van der Waals surface area (Å²) in [6.07, 6.45) is 5.40. The van der Waals surface area contributed by atoms with Crippen LogP contribution in [0, 0.1) is 0 Å². The first-order chi connectivity index (χ1) is 17.2. The van der Waals surface area contributed by atoms with Gasteiger partial charge in [-0.1, -0.05) is 42.5 Å². The second-order valence-electron chi connectivity index (χ2n) is 9.87. The maximum absolute atomic E-state index is 12.8. The third-order valence-corrected chi connectivity index (χ3v) is 6.31. The van der Waals surface area contributed by atoms with Crippen molar-refractivity contribution < 1.29 is 24.2 Å². The number of β-amino-alcohol motifs (C(OH)–C–C–N with tert-alkyl or cyclic N) is 1. The molecular weight excluding hydrogens is 462 g/mol. The van der Waals surface area contributed by atoms with E-state index in [-0.39, 0.29) is 31.7 Å². The zero-order chi connectivity index (χ0) is 25.7. The van der Waals surface area contributed by atoms with E-state index in [0.717, 1.165) is 11.3 Å². The number of hydrogen-bond acceptors (Lipinski definition) is 8. The number of aliphatic hydroxyl groups is 1. The predicted molar refractivity (Wildman–Crippen MR) is 135 cm³/mol. The molecule has 3 atom stereocenters. The molecule has 0 bridgehead atoms. The highest BCUT2D eigenvalue weighted by Crippen LogP contribution is 2.25. The van der Waals surface area contributed by atoms with Crippen molar-refractivity contribution in [3.05, 3.63) is 59.8 Å². The fourth-order valence-electron chi connectivity index (χ4n) is 4.32. The van der Waals surface area contributed by atoms with Gasteiger partial charge >= 0.3 is 6.09 Å². The number of allylic oxidation sites excluding steroid dienone is 2. The van der Waals surface area contributed by atoms with E-state index in [0.29, 0.717) is 32.0 Å². The molecule has 194 valence electrons. The maximum Gasteiger partial charge on any atom is 0.410 e. The van der Waals surface area contributed by atoms with E-state index in [4.69, 9.17) is 20.2 Å². The van der Waals surface area contributed by atoms with E-state index < -0.39 is 23.8 Å². The summed E-state index contributed by atoms with van der Waals surface area (Å²) in [6.45, 7) is 5.17. The largest absolute Gasteiger partial charge is 0.443 e. The van der Waals surface area contributed by atoms with Crippen LogP contribution in [0.25, 0.3) is 0 Å². The highest BCUT2D eigenvalue weighted by atomic mass is 16.6. The quantitative estimate of drug-likeness (QED) is 0.467. The minimum Gasteiger partial charge on any atom is -0.443 e. The van der Waals surface area contributed by atoms with Gasteiger partial charge in [-0.05, 0) is 31.9 Å². The average Bonchev–Trinajstić information content (AvgIpc) is 3.48. The second-order valence-corrected chi connectivity index (χ2v) is 9.87. The molecule has 10 nitrogen and oxygen atoms in total. The van der Waals surface area contributed by atoms with Crippen molar-refractivity contribution >= 4 is 17.8 Å². The predicted octanol–water partition coefficient (Wildman–Crippen LogP) is 1.16. The Hall–Kier alpha value is -3.21. The van der Waals surface area contributed by atoms with Crippen molar-refractivity contribution in [3.63, 3.8) is 0 Å². The van der Waals surface area contributed by atoms with Crippen LogP contribution >= 0.6 is 0 Å². The van der Waals surface area contributed by atoms with Crippen molar-refractivity contribution in [2.45, 2.75) is 50.6 Å². The molecule has 3 aliphatic rings. The van der Waals surface area contributed by atoms with Gasteiger partial charge in [-0.3, -0.25) is 9.79 Å². The monoisotopic (exact) mass is 497 g/mol. The number of aliphatic hydroxyl groups excluding tert-OH is 1. The second kappa shape index (κ2) is 11.2. The summed E-state index contributed by atoms with van der Waals surface area (Å²) in [4.78, 5) is 33.5. The molecule has 4 rings (SSSR count). The van der Waals surface area contributed by atoms with E-state index in [1.54, 1.807) is 13.8 Å². The number of ether oxygens (including phenoxy) is 2. The maximum atomic E-state index is 12.8. The molecule has 1 fully saturated rings. The number of benzene rings is 1. The minimum atomic E-state index is -1.08. The van der Waals surface area contributed by atoms with E-state index in [9.17, 15) is 14.7 Å². The van der Waals surface area contributed by atoms with Crippen LogP contribution in [0.2, 0.25) is 0 Å². The Morgan fingerprint density at radius 1 is 1.28 bits per heavy atom. The Labute approximate surface area is 211 Å². The van der Waals surface area contributed by atoms with Crippen LogP contribution in [0.1, 0.15) is 25.8 Å². The van der Waals surface area contributed by atoms with Gasteiger partial charge in [0.15, 0.2) is 0 Å². The fraction of sp³-hybridized carbons (Fsp3) is 0.500. The molecular formula is C26H35N5O5. The van der Waals surface area contributed by atoms with Gasteiger partial charge in [0.25, 0.3) is 0 Å². The van der Waals surface area contributed by atoms with E-state index >= 15 is 0 Å². The third-order valence-electron chi connectivity index (χ3n) is 6.31. The smallest absolute Gasteiger partial charge is 0.410 e. The highest BCUT2D eigenvalue weighted by molar-refractivity contribution is 5.96. The third kappa shape index (κ3) is 6.31. The summed E-state index contributed by atoms with van der Waals surface area (Å²) in [7, 11) is 0. The van der Waals surface area contributed by atoms with Gasteiger partial charge in [-0.15, -0.1) is 0 Å². The number of carbonyl (C=O) groups is 2. The zero-order valence-electron chi connectivity index (χ0n) is 20.8. The summed E-state index contributed by atoms with van der Waals surface area (Å²) in [5.41, 5.74) is 6.74. The van der Waals surface area contributed by atoms with Crippen molar-refractivity contribution in [1.82, 2.24) is 15.1 Å². The van der Waals surface area contributed by atoms with E-state index in [1.807, 2.05) is 53.5 Å². The normalized spacial score (nSPS) is 22.1. The molecule has 0 aromatic heterocycles. The van der Waals surface area contributed by atoms with Crippen LogP contribution in [0.15, 0.2) is 59.2 Å². The van der Waals surface area contributed by atoms with E-state index in [2.05, 4.69) is 5.32 Å². The SMILES string of the molecule is CC(C)(N)C(=O)N[C@H](COCc1ccccc1)C1=NCC2C=CC=C(COC(=O)N3CC[C@@H](O)C3)N12. The Kier molecular flexibility index (Phi) is 8.07. The van der Waals surface area contributed by atoms with Crippen LogP contribution < -0.4 is 11.1 Å². The molecule has 2 amide bonds. The van der Waals surface area contributed by atoms with Crippen molar-refractivity contribution in [1.29, 1.82) is 0 Å². The lowest BCUT2D eigenvalue weighted by atomic mass is 10.0. The number of hydrogen-bond donors (Lipinski definition) is 3. The van der Waals surface area contributed by atoms with E-state index in [1.165, 1.54) is 4.90 Å². The van der Waals surface area contributed by atoms with Crippen LogP contribution in [-0.4, -0.2) is 89.3 Å². The number of amidine groups is 1. The lowest BCUT2D eigenvalue weighted by molar-refractivity contribution is -0.126.